The van der Waals surface area contributed by atoms with E-state index in [1.54, 1.807) is 11.0 Å². The summed E-state index contributed by atoms with van der Waals surface area (Å²) in [6.07, 6.45) is 1.74. The lowest BCUT2D eigenvalue weighted by atomic mass is 10.0. The van der Waals surface area contributed by atoms with E-state index in [9.17, 15) is 9.18 Å². The summed E-state index contributed by atoms with van der Waals surface area (Å²) in [7, 11) is 0. The molecule has 1 aromatic rings. The Bertz CT molecular complexity index is 430. The number of hydrogen-bond acceptors (Lipinski definition) is 2. The van der Waals surface area contributed by atoms with Crippen molar-refractivity contribution in [3.05, 3.63) is 35.1 Å². The van der Waals surface area contributed by atoms with Gasteiger partial charge in [0.05, 0.1) is 0 Å². The predicted octanol–water partition coefficient (Wildman–Crippen LogP) is 2.72. The second kappa shape index (κ2) is 7.24. The summed E-state index contributed by atoms with van der Waals surface area (Å²) in [6, 6.07) is 4.47. The average Bonchev–Trinajstić information content (AvgIpc) is 2.41. The molecule has 0 atom stereocenters. The Kier molecular flexibility index (Phi) is 5.96. The first kappa shape index (κ1) is 15.6. The van der Waals surface area contributed by atoms with E-state index in [0.29, 0.717) is 18.7 Å². The van der Waals surface area contributed by atoms with Crippen LogP contribution >= 0.6 is 0 Å². The van der Waals surface area contributed by atoms with Crippen molar-refractivity contribution in [1.29, 1.82) is 0 Å². The van der Waals surface area contributed by atoms with Crippen molar-refractivity contribution in [3.8, 4) is 0 Å². The third kappa shape index (κ3) is 3.77. The van der Waals surface area contributed by atoms with Gasteiger partial charge in [-0.15, -0.1) is 0 Å². The molecule has 0 aliphatic heterocycles. The van der Waals surface area contributed by atoms with Gasteiger partial charge in [0, 0.05) is 24.7 Å². The molecule has 1 amide bonds. The third-order valence-corrected chi connectivity index (χ3v) is 3.44. The highest BCUT2D eigenvalue weighted by atomic mass is 19.1. The molecule has 0 unspecified atom stereocenters. The van der Waals surface area contributed by atoms with E-state index in [1.165, 1.54) is 12.1 Å². The lowest BCUT2D eigenvalue weighted by Crippen LogP contribution is -2.43. The standard InChI is InChI=1S/C15H23FN2O/c1-4-13(5-2)18(9-8-17)15(19)14-10-12(16)7-6-11(14)3/h6-7,10,13H,4-5,8-9,17H2,1-3H3. The van der Waals surface area contributed by atoms with E-state index in [-0.39, 0.29) is 17.8 Å². The Labute approximate surface area is 114 Å². The largest absolute Gasteiger partial charge is 0.334 e. The number of rotatable bonds is 6. The van der Waals surface area contributed by atoms with Crippen LogP contribution in [-0.2, 0) is 0 Å². The molecule has 0 fully saturated rings. The topological polar surface area (TPSA) is 46.3 Å². The maximum atomic E-state index is 13.3. The van der Waals surface area contributed by atoms with Crippen LogP contribution in [0.15, 0.2) is 18.2 Å². The number of nitrogens with zero attached hydrogens (tertiary/aromatic N) is 1. The lowest BCUT2D eigenvalue weighted by molar-refractivity contribution is 0.0673. The van der Waals surface area contributed by atoms with Gasteiger partial charge in [0.25, 0.3) is 5.91 Å². The Balaban J connectivity index is 3.08. The van der Waals surface area contributed by atoms with Crippen molar-refractivity contribution in [1.82, 2.24) is 4.90 Å². The van der Waals surface area contributed by atoms with Gasteiger partial charge in [0.1, 0.15) is 5.82 Å². The van der Waals surface area contributed by atoms with E-state index in [1.807, 2.05) is 20.8 Å². The molecular formula is C15H23FN2O. The molecule has 0 aromatic heterocycles. The zero-order valence-electron chi connectivity index (χ0n) is 11.9. The quantitative estimate of drug-likeness (QED) is 0.860. The fourth-order valence-corrected chi connectivity index (χ4v) is 2.30. The summed E-state index contributed by atoms with van der Waals surface area (Å²) < 4.78 is 13.3. The molecule has 0 saturated heterocycles. The van der Waals surface area contributed by atoms with Gasteiger partial charge >= 0.3 is 0 Å². The molecule has 0 bridgehead atoms. The van der Waals surface area contributed by atoms with Crippen LogP contribution in [-0.4, -0.2) is 29.9 Å². The fourth-order valence-electron chi connectivity index (χ4n) is 2.30. The second-order valence-electron chi connectivity index (χ2n) is 4.72. The zero-order valence-corrected chi connectivity index (χ0v) is 11.9. The van der Waals surface area contributed by atoms with Crippen LogP contribution in [0.25, 0.3) is 0 Å². The zero-order chi connectivity index (χ0) is 14.4. The van der Waals surface area contributed by atoms with Gasteiger partial charge in [-0.1, -0.05) is 19.9 Å². The number of hydrogen-bond donors (Lipinski definition) is 1. The monoisotopic (exact) mass is 266 g/mol. The highest BCUT2D eigenvalue weighted by Gasteiger charge is 2.23. The van der Waals surface area contributed by atoms with Crippen LogP contribution < -0.4 is 5.73 Å². The van der Waals surface area contributed by atoms with Crippen molar-refractivity contribution in [2.45, 2.75) is 39.7 Å². The Morgan fingerprint density at radius 1 is 1.37 bits per heavy atom. The molecule has 106 valence electrons. The van der Waals surface area contributed by atoms with E-state index in [2.05, 4.69) is 0 Å². The summed E-state index contributed by atoms with van der Waals surface area (Å²) in [5.41, 5.74) is 6.81. The highest BCUT2D eigenvalue weighted by molar-refractivity contribution is 5.95. The van der Waals surface area contributed by atoms with Crippen LogP contribution in [0.1, 0.15) is 42.6 Å². The van der Waals surface area contributed by atoms with Gasteiger partial charge in [-0.2, -0.15) is 0 Å². The van der Waals surface area contributed by atoms with Crippen LogP contribution in [0, 0.1) is 12.7 Å². The van der Waals surface area contributed by atoms with Crippen molar-refractivity contribution in [2.75, 3.05) is 13.1 Å². The van der Waals surface area contributed by atoms with Gasteiger partial charge in [0.2, 0.25) is 0 Å². The molecule has 2 N–H and O–H groups in total. The summed E-state index contributed by atoms with van der Waals surface area (Å²) in [6.45, 7) is 6.82. The maximum Gasteiger partial charge on any atom is 0.254 e. The van der Waals surface area contributed by atoms with Crippen LogP contribution in [0.2, 0.25) is 0 Å². The van der Waals surface area contributed by atoms with Gasteiger partial charge < -0.3 is 10.6 Å². The number of carbonyl (C=O) groups is 1. The number of aryl methyl sites for hydroxylation is 1. The Morgan fingerprint density at radius 2 is 2.00 bits per heavy atom. The first-order valence-corrected chi connectivity index (χ1v) is 6.82. The van der Waals surface area contributed by atoms with Crippen molar-refractivity contribution < 1.29 is 9.18 Å². The Hall–Kier alpha value is -1.42. The Morgan fingerprint density at radius 3 is 2.53 bits per heavy atom. The van der Waals surface area contributed by atoms with Crippen LogP contribution in [0.5, 0.6) is 0 Å². The number of amides is 1. The summed E-state index contributed by atoms with van der Waals surface area (Å²) in [5.74, 6) is -0.512. The summed E-state index contributed by atoms with van der Waals surface area (Å²) >= 11 is 0. The molecule has 4 heteroatoms. The number of benzene rings is 1. The van der Waals surface area contributed by atoms with Crippen molar-refractivity contribution in [2.24, 2.45) is 5.73 Å². The average molecular weight is 266 g/mol. The molecule has 0 spiro atoms. The first-order chi connectivity index (χ1) is 9.04. The van der Waals surface area contributed by atoms with E-state index < -0.39 is 0 Å². The van der Waals surface area contributed by atoms with E-state index in [0.717, 1.165) is 18.4 Å². The number of nitrogens with two attached hydrogens (primary N) is 1. The highest BCUT2D eigenvalue weighted by Crippen LogP contribution is 2.17. The molecule has 0 saturated carbocycles. The molecule has 1 aromatic carbocycles. The second-order valence-corrected chi connectivity index (χ2v) is 4.72. The van der Waals surface area contributed by atoms with Gasteiger partial charge in [-0.05, 0) is 37.5 Å². The lowest BCUT2D eigenvalue weighted by Gasteiger charge is -2.30. The first-order valence-electron chi connectivity index (χ1n) is 6.82. The van der Waals surface area contributed by atoms with Crippen molar-refractivity contribution >= 4 is 5.91 Å². The molecule has 0 aliphatic rings. The predicted molar refractivity (Wildman–Crippen MR) is 75.6 cm³/mol. The third-order valence-electron chi connectivity index (χ3n) is 3.44. The molecule has 0 heterocycles. The molecule has 19 heavy (non-hydrogen) atoms. The summed E-state index contributed by atoms with van der Waals surface area (Å²) in [5, 5.41) is 0. The summed E-state index contributed by atoms with van der Waals surface area (Å²) in [4.78, 5) is 14.3. The van der Waals surface area contributed by atoms with Crippen LogP contribution in [0.4, 0.5) is 4.39 Å². The molecular weight excluding hydrogens is 243 g/mol. The smallest absolute Gasteiger partial charge is 0.254 e. The number of halogens is 1. The van der Waals surface area contributed by atoms with E-state index in [4.69, 9.17) is 5.73 Å². The number of carbonyl (C=O) groups excluding carboxylic acids is 1. The SMILES string of the molecule is CCC(CC)N(CCN)C(=O)c1cc(F)ccc1C. The minimum absolute atomic E-state index is 0.129. The molecule has 3 nitrogen and oxygen atoms in total. The molecule has 0 radical (unpaired) electrons. The minimum atomic E-state index is -0.383. The van der Waals surface area contributed by atoms with Crippen molar-refractivity contribution in [3.63, 3.8) is 0 Å². The molecule has 1 rings (SSSR count). The van der Waals surface area contributed by atoms with E-state index >= 15 is 0 Å². The maximum absolute atomic E-state index is 13.3. The van der Waals surface area contributed by atoms with Gasteiger partial charge in [-0.25, -0.2) is 4.39 Å². The van der Waals surface area contributed by atoms with Gasteiger partial charge in [-0.3, -0.25) is 4.79 Å². The minimum Gasteiger partial charge on any atom is -0.334 e. The van der Waals surface area contributed by atoms with Crippen LogP contribution in [0.3, 0.4) is 0 Å². The normalized spacial score (nSPS) is 10.8. The van der Waals surface area contributed by atoms with Gasteiger partial charge in [0.15, 0.2) is 0 Å². The fraction of sp³-hybridized carbons (Fsp3) is 0.533. The molecule has 0 aliphatic carbocycles.